The Morgan fingerprint density at radius 2 is 1.92 bits per heavy atom. The predicted molar refractivity (Wildman–Crippen MR) is 98.5 cm³/mol. The Kier molecular flexibility index (Phi) is 6.26. The summed E-state index contributed by atoms with van der Waals surface area (Å²) in [6.45, 7) is 3.59. The molecule has 2 rings (SSSR count). The Morgan fingerprint density at radius 3 is 2.50 bits per heavy atom. The van der Waals surface area contributed by atoms with E-state index in [0.717, 1.165) is 12.1 Å². The van der Waals surface area contributed by atoms with E-state index in [-0.39, 0.29) is 10.6 Å². The summed E-state index contributed by atoms with van der Waals surface area (Å²) in [6.07, 6.45) is 4.81. The topological polar surface area (TPSA) is 98.5 Å². The molecule has 0 aliphatic heterocycles. The Hall–Kier alpha value is -2.97. The van der Waals surface area contributed by atoms with Crippen LogP contribution in [0.3, 0.4) is 0 Å². The number of sulfonamides is 1. The minimum absolute atomic E-state index is 0.0667. The van der Waals surface area contributed by atoms with Crippen molar-refractivity contribution in [3.05, 3.63) is 89.0 Å². The van der Waals surface area contributed by atoms with E-state index in [2.05, 4.69) is 11.3 Å². The van der Waals surface area contributed by atoms with E-state index in [1.165, 1.54) is 25.3 Å². The second kappa shape index (κ2) is 8.41. The predicted octanol–water partition coefficient (Wildman–Crippen LogP) is 3.37. The molecule has 2 aromatic carbocycles. The molecule has 0 fully saturated rings. The summed E-state index contributed by atoms with van der Waals surface area (Å²) in [5.41, 5.74) is 0.493. The maximum atomic E-state index is 12.6. The van der Waals surface area contributed by atoms with Crippen molar-refractivity contribution in [2.45, 2.75) is 10.9 Å². The molecule has 0 heterocycles. The highest BCUT2D eigenvalue weighted by Crippen LogP contribution is 2.23. The van der Waals surface area contributed by atoms with E-state index in [4.69, 9.17) is 4.74 Å². The maximum Gasteiger partial charge on any atom is 0.269 e. The van der Waals surface area contributed by atoms with Crippen LogP contribution in [-0.4, -0.2) is 20.5 Å². The molecule has 0 aliphatic rings. The number of nitro groups is 1. The number of nitrogens with one attached hydrogen (secondary N) is 1. The summed E-state index contributed by atoms with van der Waals surface area (Å²) in [4.78, 5) is 10.1. The molecule has 0 saturated carbocycles. The van der Waals surface area contributed by atoms with Crippen molar-refractivity contribution in [3.63, 3.8) is 0 Å². The smallest absolute Gasteiger partial charge is 0.269 e. The first-order valence-corrected chi connectivity index (χ1v) is 9.05. The molecule has 8 heteroatoms. The molecule has 1 atom stereocenters. The lowest BCUT2D eigenvalue weighted by Gasteiger charge is -2.16. The minimum atomic E-state index is -3.90. The van der Waals surface area contributed by atoms with Gasteiger partial charge in [0.15, 0.2) is 0 Å². The van der Waals surface area contributed by atoms with Gasteiger partial charge in [-0.1, -0.05) is 36.9 Å². The summed E-state index contributed by atoms with van der Waals surface area (Å²) in [5, 5.41) is 10.7. The van der Waals surface area contributed by atoms with E-state index >= 15 is 0 Å². The van der Waals surface area contributed by atoms with Crippen molar-refractivity contribution in [1.82, 2.24) is 4.72 Å². The van der Waals surface area contributed by atoms with Gasteiger partial charge in [0.25, 0.3) is 5.69 Å². The fraction of sp³-hybridized carbons (Fsp3) is 0.111. The highest BCUT2D eigenvalue weighted by Gasteiger charge is 2.21. The zero-order valence-electron chi connectivity index (χ0n) is 14.0. The Bertz CT molecular complexity index is 921. The van der Waals surface area contributed by atoms with Gasteiger partial charge < -0.3 is 4.74 Å². The molecule has 136 valence electrons. The zero-order valence-corrected chi connectivity index (χ0v) is 14.8. The van der Waals surface area contributed by atoms with Gasteiger partial charge in [0.1, 0.15) is 5.75 Å². The summed E-state index contributed by atoms with van der Waals surface area (Å²) < 4.78 is 33.0. The number of benzene rings is 2. The van der Waals surface area contributed by atoms with Crippen molar-refractivity contribution in [2.75, 3.05) is 7.11 Å². The Balaban J connectivity index is 2.35. The zero-order chi connectivity index (χ0) is 19.2. The lowest BCUT2D eigenvalue weighted by atomic mass is 10.1. The number of allylic oxidation sites excluding steroid dienone is 2. The molecule has 7 nitrogen and oxygen atoms in total. The third-order valence-electron chi connectivity index (χ3n) is 3.53. The number of hydrogen-bond acceptors (Lipinski definition) is 5. The SMILES string of the molecule is C=C/C=C\[C@H](NS(=O)(=O)c1ccc([N+](=O)[O-])cc1)c1cccc(OC)c1. The van der Waals surface area contributed by atoms with Gasteiger partial charge in [0, 0.05) is 12.1 Å². The van der Waals surface area contributed by atoms with Gasteiger partial charge >= 0.3 is 0 Å². The molecule has 0 bridgehead atoms. The number of non-ortho nitro benzene ring substituents is 1. The first kappa shape index (κ1) is 19.4. The van der Waals surface area contributed by atoms with Crippen molar-refractivity contribution >= 4 is 15.7 Å². The van der Waals surface area contributed by atoms with E-state index in [9.17, 15) is 18.5 Å². The first-order chi connectivity index (χ1) is 12.4. The summed E-state index contributed by atoms with van der Waals surface area (Å²) in [7, 11) is -2.38. The van der Waals surface area contributed by atoms with Crippen LogP contribution in [0.1, 0.15) is 11.6 Å². The molecule has 0 saturated heterocycles. The van der Waals surface area contributed by atoms with Crippen molar-refractivity contribution in [3.8, 4) is 5.75 Å². The van der Waals surface area contributed by atoms with Gasteiger partial charge in [0.05, 0.1) is 23.0 Å². The molecule has 26 heavy (non-hydrogen) atoms. The standard InChI is InChI=1S/C18H18N2O5S/c1-3-4-8-18(14-6-5-7-16(13-14)25-2)19-26(23,24)17-11-9-15(10-12-17)20(21)22/h3-13,18-19H,1H2,2H3/b8-4-/t18-/m0/s1. The number of methoxy groups -OCH3 is 1. The van der Waals surface area contributed by atoms with Crippen LogP contribution in [0.5, 0.6) is 5.75 Å². The van der Waals surface area contributed by atoms with Crippen LogP contribution in [0.25, 0.3) is 0 Å². The molecule has 0 spiro atoms. The van der Waals surface area contributed by atoms with Crippen LogP contribution in [-0.2, 0) is 10.0 Å². The number of ether oxygens (including phenoxy) is 1. The van der Waals surface area contributed by atoms with Gasteiger partial charge in [-0.15, -0.1) is 0 Å². The molecule has 1 N–H and O–H groups in total. The van der Waals surface area contributed by atoms with Crippen molar-refractivity contribution in [2.24, 2.45) is 0 Å². The largest absolute Gasteiger partial charge is 0.497 e. The molecule has 0 aromatic heterocycles. The average molecular weight is 374 g/mol. The highest BCUT2D eigenvalue weighted by atomic mass is 32.2. The van der Waals surface area contributed by atoms with Gasteiger partial charge in [0.2, 0.25) is 10.0 Å². The summed E-state index contributed by atoms with van der Waals surface area (Å²) in [5.74, 6) is 0.592. The van der Waals surface area contributed by atoms with E-state index in [1.54, 1.807) is 36.4 Å². The van der Waals surface area contributed by atoms with Crippen LogP contribution < -0.4 is 9.46 Å². The van der Waals surface area contributed by atoms with Crippen LogP contribution in [0.2, 0.25) is 0 Å². The second-order valence-electron chi connectivity index (χ2n) is 5.25. The lowest BCUT2D eigenvalue weighted by molar-refractivity contribution is -0.384. The number of nitro benzene ring substituents is 1. The molecule has 0 unspecified atom stereocenters. The molecule has 0 amide bonds. The van der Waals surface area contributed by atoms with Crippen molar-refractivity contribution < 1.29 is 18.1 Å². The number of nitrogens with zero attached hydrogens (tertiary/aromatic N) is 1. The molecule has 0 aliphatic carbocycles. The fourth-order valence-electron chi connectivity index (χ4n) is 2.23. The van der Waals surface area contributed by atoms with E-state index in [0.29, 0.717) is 11.3 Å². The number of rotatable bonds is 8. The van der Waals surface area contributed by atoms with Gasteiger partial charge in [-0.25, -0.2) is 8.42 Å². The van der Waals surface area contributed by atoms with Crippen LogP contribution in [0, 0.1) is 10.1 Å². The monoisotopic (exact) mass is 374 g/mol. The van der Waals surface area contributed by atoms with Gasteiger partial charge in [-0.3, -0.25) is 10.1 Å². The lowest BCUT2D eigenvalue weighted by Crippen LogP contribution is -2.27. The normalized spacial score (nSPS) is 12.7. The quantitative estimate of drug-likeness (QED) is 0.434. The van der Waals surface area contributed by atoms with Crippen molar-refractivity contribution in [1.29, 1.82) is 0 Å². The highest BCUT2D eigenvalue weighted by molar-refractivity contribution is 7.89. The van der Waals surface area contributed by atoms with Gasteiger partial charge in [-0.2, -0.15) is 4.72 Å². The third-order valence-corrected chi connectivity index (χ3v) is 4.99. The summed E-state index contributed by atoms with van der Waals surface area (Å²) >= 11 is 0. The molecular formula is C18H18N2O5S. The third kappa shape index (κ3) is 4.78. The van der Waals surface area contributed by atoms with Crippen LogP contribution >= 0.6 is 0 Å². The average Bonchev–Trinajstić information content (AvgIpc) is 2.65. The first-order valence-electron chi connectivity index (χ1n) is 7.57. The maximum absolute atomic E-state index is 12.6. The minimum Gasteiger partial charge on any atom is -0.497 e. The fourth-order valence-corrected chi connectivity index (χ4v) is 3.40. The Morgan fingerprint density at radius 1 is 1.23 bits per heavy atom. The second-order valence-corrected chi connectivity index (χ2v) is 6.96. The molecule has 2 aromatic rings. The number of hydrogen-bond donors (Lipinski definition) is 1. The van der Waals surface area contributed by atoms with Crippen LogP contribution in [0.4, 0.5) is 5.69 Å². The molecular weight excluding hydrogens is 356 g/mol. The van der Waals surface area contributed by atoms with Crippen LogP contribution in [0.15, 0.2) is 78.2 Å². The molecule has 0 radical (unpaired) electrons. The van der Waals surface area contributed by atoms with E-state index < -0.39 is 21.0 Å². The Labute approximate surface area is 151 Å². The van der Waals surface area contributed by atoms with E-state index in [1.807, 2.05) is 0 Å². The van der Waals surface area contributed by atoms with Gasteiger partial charge in [-0.05, 0) is 29.8 Å². The summed E-state index contributed by atoms with van der Waals surface area (Å²) in [6, 6.07) is 11.0.